The molecule has 0 aromatic heterocycles. The Kier molecular flexibility index (Phi) is 16.1. The van der Waals surface area contributed by atoms with Crippen LogP contribution in [-0.4, -0.2) is 128 Å². The van der Waals surface area contributed by atoms with Gasteiger partial charge in [-0.2, -0.15) is 0 Å². The predicted molar refractivity (Wildman–Crippen MR) is 180 cm³/mol. The molecule has 2 fully saturated rings. The van der Waals surface area contributed by atoms with Gasteiger partial charge in [0.25, 0.3) is 0 Å². The molecule has 3 rings (SSSR count). The van der Waals surface area contributed by atoms with Crippen molar-refractivity contribution in [3.05, 3.63) is 29.8 Å². The van der Waals surface area contributed by atoms with Gasteiger partial charge in [-0.15, -0.1) is 0 Å². The Labute approximate surface area is 320 Å². The van der Waals surface area contributed by atoms with Crippen molar-refractivity contribution in [2.24, 2.45) is 0 Å². The van der Waals surface area contributed by atoms with Crippen molar-refractivity contribution >= 4 is 53.6 Å². The van der Waals surface area contributed by atoms with Crippen LogP contribution in [0.3, 0.4) is 0 Å². The molecular weight excluding hydrogens is 752 g/mol. The van der Waals surface area contributed by atoms with E-state index in [1.165, 1.54) is 24.3 Å². The van der Waals surface area contributed by atoms with Gasteiger partial charge in [-0.25, -0.2) is 4.79 Å². The summed E-state index contributed by atoms with van der Waals surface area (Å²) in [6, 6.07) is 2.53. The molecule has 0 aliphatic carbocycles. The number of rotatable bonds is 14. The zero-order valence-electron chi connectivity index (χ0n) is 31.8. The van der Waals surface area contributed by atoms with Crippen LogP contribution >= 0.6 is 0 Å². The monoisotopic (exact) mass is 796 g/mol. The van der Waals surface area contributed by atoms with Gasteiger partial charge in [0.1, 0.15) is 48.8 Å². The Morgan fingerprint density at radius 3 is 1.32 bits per heavy atom. The third kappa shape index (κ3) is 12.9. The van der Waals surface area contributed by atoms with Crippen LogP contribution in [-0.2, 0) is 81.0 Å². The second kappa shape index (κ2) is 20.2. The molecule has 2 aliphatic heterocycles. The Morgan fingerprint density at radius 1 is 0.518 bits per heavy atom. The number of ether oxygens (including phenoxy) is 10. The number of para-hydroxylation sites is 1. The molecule has 10 unspecified atom stereocenters. The topological polar surface area (TPSA) is 270 Å². The number of hydrogen-bond acceptors (Lipinski definition) is 19. The Bertz CT molecular complexity index is 1660. The number of nitrogens with one attached hydrogen (secondary N) is 2. The van der Waals surface area contributed by atoms with E-state index >= 15 is 0 Å². The molecule has 21 heteroatoms. The van der Waals surface area contributed by atoms with E-state index in [1.54, 1.807) is 0 Å². The van der Waals surface area contributed by atoms with Crippen LogP contribution in [0.1, 0.15) is 65.7 Å². The van der Waals surface area contributed by atoms with E-state index in [4.69, 9.17) is 47.4 Å². The average molecular weight is 797 g/mol. The highest BCUT2D eigenvalue weighted by Crippen LogP contribution is 2.33. The molecule has 1 aromatic rings. The zero-order valence-corrected chi connectivity index (χ0v) is 31.8. The minimum Gasteiger partial charge on any atom is -0.463 e. The van der Waals surface area contributed by atoms with Gasteiger partial charge in [0.15, 0.2) is 24.4 Å². The van der Waals surface area contributed by atoms with Gasteiger partial charge < -0.3 is 58.0 Å². The van der Waals surface area contributed by atoms with Crippen molar-refractivity contribution in [1.82, 2.24) is 10.6 Å². The van der Waals surface area contributed by atoms with E-state index in [0.29, 0.717) is 0 Å². The van der Waals surface area contributed by atoms with Crippen molar-refractivity contribution in [3.63, 3.8) is 0 Å². The van der Waals surface area contributed by atoms with E-state index in [2.05, 4.69) is 10.6 Å². The molecule has 0 saturated carbocycles. The van der Waals surface area contributed by atoms with E-state index in [-0.39, 0.29) is 11.3 Å². The van der Waals surface area contributed by atoms with Crippen LogP contribution in [0.25, 0.3) is 0 Å². The number of amides is 2. The summed E-state index contributed by atoms with van der Waals surface area (Å²) < 4.78 is 55.7. The van der Waals surface area contributed by atoms with Gasteiger partial charge in [0, 0.05) is 55.4 Å². The number of esters is 7. The minimum absolute atomic E-state index is 0.255. The first-order valence-electron chi connectivity index (χ1n) is 17.0. The van der Waals surface area contributed by atoms with Crippen LogP contribution in [0.15, 0.2) is 24.3 Å². The highest BCUT2D eigenvalue weighted by molar-refractivity contribution is 5.92. The molecule has 56 heavy (non-hydrogen) atoms. The lowest BCUT2D eigenvalue weighted by atomic mass is 9.96. The van der Waals surface area contributed by atoms with Crippen LogP contribution in [0.4, 0.5) is 0 Å². The summed E-state index contributed by atoms with van der Waals surface area (Å²) >= 11 is 0. The van der Waals surface area contributed by atoms with Crippen LogP contribution in [0, 0.1) is 0 Å². The molecule has 10 atom stereocenters. The summed E-state index contributed by atoms with van der Waals surface area (Å²) in [5.41, 5.74) is -0.312. The smallest absolute Gasteiger partial charge is 0.344 e. The normalized spacial score (nSPS) is 26.9. The quantitative estimate of drug-likeness (QED) is 0.178. The number of carbonyl (C=O) groups excluding carboxylic acids is 9. The third-order valence-corrected chi connectivity index (χ3v) is 7.72. The van der Waals surface area contributed by atoms with Gasteiger partial charge in [-0.1, -0.05) is 12.1 Å². The highest BCUT2D eigenvalue weighted by atomic mass is 16.7. The molecule has 2 aliphatic rings. The summed E-state index contributed by atoms with van der Waals surface area (Å²) in [4.78, 5) is 111. The fraction of sp³-hybridized carbons (Fsp3) is 0.571. The molecule has 308 valence electrons. The number of benzene rings is 1. The molecule has 2 saturated heterocycles. The van der Waals surface area contributed by atoms with Crippen LogP contribution in [0.2, 0.25) is 0 Å². The van der Waals surface area contributed by atoms with Gasteiger partial charge in [0.2, 0.25) is 24.4 Å². The second-order valence-corrected chi connectivity index (χ2v) is 12.5. The van der Waals surface area contributed by atoms with E-state index < -0.39 is 128 Å². The van der Waals surface area contributed by atoms with Crippen LogP contribution < -0.4 is 15.4 Å². The first-order valence-corrected chi connectivity index (χ1v) is 17.0. The molecule has 1 aromatic carbocycles. The Morgan fingerprint density at radius 2 is 0.911 bits per heavy atom. The maximum Gasteiger partial charge on any atom is 0.344 e. The Balaban J connectivity index is 2.07. The number of carbonyl (C=O) groups is 9. The van der Waals surface area contributed by atoms with Crippen LogP contribution in [0.5, 0.6) is 5.75 Å². The Hall–Kier alpha value is -5.83. The van der Waals surface area contributed by atoms with E-state index in [1.807, 2.05) is 0 Å². The van der Waals surface area contributed by atoms with Crippen molar-refractivity contribution in [1.29, 1.82) is 0 Å². The summed E-state index contributed by atoms with van der Waals surface area (Å²) in [6.45, 7) is 7.58. The van der Waals surface area contributed by atoms with Crippen molar-refractivity contribution in [2.45, 2.75) is 117 Å². The maximum absolute atomic E-state index is 14.0. The largest absolute Gasteiger partial charge is 0.463 e. The summed E-state index contributed by atoms with van der Waals surface area (Å²) in [5, 5.41) is 5.02. The molecule has 0 bridgehead atoms. The van der Waals surface area contributed by atoms with Gasteiger partial charge >= 0.3 is 41.8 Å². The standard InChI is InChI=1S/C35H44N2O19/c1-15(38)36-27-31(51-21(7)44)29(49-19(5)42)25(13-47-17(3)40)54-34(27)53-24-12-10-9-11-23(24)33(46)56-35-28(37-16(2)39)32(52-22(8)45)30(50-20(6)43)26(55-35)14-48-18(4)41/h9-12,25-32,34-35H,13-14H2,1-8H3,(H,36,38)(H,37,39). The summed E-state index contributed by atoms with van der Waals surface area (Å²) in [5.74, 6) is -7.68. The molecule has 2 N–H and O–H groups in total. The first-order chi connectivity index (χ1) is 26.3. The molecule has 2 heterocycles. The van der Waals surface area contributed by atoms with Gasteiger partial charge in [-0.05, 0) is 12.1 Å². The predicted octanol–water partition coefficient (Wildman–Crippen LogP) is -0.466. The highest BCUT2D eigenvalue weighted by Gasteiger charge is 2.54. The fourth-order valence-corrected chi connectivity index (χ4v) is 5.81. The first kappa shape index (κ1) is 44.6. The van der Waals surface area contributed by atoms with E-state index in [0.717, 1.165) is 55.4 Å². The SMILES string of the molecule is CC(=O)NC1C(OC(=O)c2ccccc2OC2OC(COC(C)=O)C(OC(C)=O)C(OC(C)=O)C2NC(C)=O)OC(COC(C)=O)C(OC(C)=O)C1OC(C)=O. The number of hydrogen-bond donors (Lipinski definition) is 2. The molecular formula is C35H44N2O19. The van der Waals surface area contributed by atoms with Gasteiger partial charge in [0.05, 0.1) is 0 Å². The van der Waals surface area contributed by atoms with E-state index in [9.17, 15) is 43.2 Å². The molecule has 21 nitrogen and oxygen atoms in total. The summed E-state index contributed by atoms with van der Waals surface area (Å²) in [6.07, 6.45) is -12.1. The fourth-order valence-electron chi connectivity index (χ4n) is 5.81. The lowest BCUT2D eigenvalue weighted by Gasteiger charge is -2.45. The molecule has 0 spiro atoms. The third-order valence-electron chi connectivity index (χ3n) is 7.72. The lowest BCUT2D eigenvalue weighted by molar-refractivity contribution is -0.264. The average Bonchev–Trinajstić information content (AvgIpc) is 3.07. The van der Waals surface area contributed by atoms with Crippen molar-refractivity contribution in [2.75, 3.05) is 13.2 Å². The lowest BCUT2D eigenvalue weighted by Crippen LogP contribution is -2.67. The summed E-state index contributed by atoms with van der Waals surface area (Å²) in [7, 11) is 0. The maximum atomic E-state index is 14.0. The minimum atomic E-state index is -1.79. The molecule has 0 radical (unpaired) electrons. The second-order valence-electron chi connectivity index (χ2n) is 12.5. The zero-order chi connectivity index (χ0) is 41.9. The molecule has 2 amide bonds. The van der Waals surface area contributed by atoms with Gasteiger partial charge in [-0.3, -0.25) is 38.4 Å². The van der Waals surface area contributed by atoms with Crippen molar-refractivity contribution in [3.8, 4) is 5.75 Å². The van der Waals surface area contributed by atoms with Crippen molar-refractivity contribution < 1.29 is 90.5 Å².